The van der Waals surface area contributed by atoms with E-state index >= 15 is 0 Å². The highest BCUT2D eigenvalue weighted by Gasteiger charge is 2.48. The van der Waals surface area contributed by atoms with Crippen LogP contribution in [0.2, 0.25) is 0 Å². The fraction of sp³-hybridized carbons (Fsp3) is 0.588. The van der Waals surface area contributed by atoms with E-state index in [1.165, 1.54) is 0 Å². The molecule has 1 aromatic carbocycles. The van der Waals surface area contributed by atoms with Crippen LogP contribution in [-0.4, -0.2) is 31.7 Å². The van der Waals surface area contributed by atoms with Gasteiger partial charge < -0.3 is 15.4 Å². The molecule has 2 N–H and O–H groups in total. The standard InChI is InChI=1S/C17H26N2O2/c1-6-21-15-10-14(17(15,3)4)19-13-9-7-8-12(11(13)2)16(20)18-5/h7-9,14-15,19H,6,10H2,1-5H3,(H,18,20). The molecular formula is C17H26N2O2. The molecule has 1 aliphatic rings. The molecule has 1 saturated carbocycles. The van der Waals surface area contributed by atoms with Gasteiger partial charge in [0, 0.05) is 36.4 Å². The Labute approximate surface area is 127 Å². The Bertz CT molecular complexity index is 526. The molecule has 0 aliphatic heterocycles. The maximum absolute atomic E-state index is 11.9. The topological polar surface area (TPSA) is 50.4 Å². The molecule has 2 rings (SSSR count). The van der Waals surface area contributed by atoms with Gasteiger partial charge in [-0.25, -0.2) is 0 Å². The van der Waals surface area contributed by atoms with Crippen molar-refractivity contribution in [1.29, 1.82) is 0 Å². The molecule has 1 aromatic rings. The summed E-state index contributed by atoms with van der Waals surface area (Å²) in [6.07, 6.45) is 1.31. The highest BCUT2D eigenvalue weighted by molar-refractivity contribution is 5.96. The number of ether oxygens (including phenoxy) is 1. The van der Waals surface area contributed by atoms with E-state index in [1.807, 2.05) is 32.0 Å². The molecule has 0 bridgehead atoms. The number of nitrogens with one attached hydrogen (secondary N) is 2. The Morgan fingerprint density at radius 3 is 2.71 bits per heavy atom. The van der Waals surface area contributed by atoms with Crippen LogP contribution in [0.3, 0.4) is 0 Å². The van der Waals surface area contributed by atoms with E-state index in [9.17, 15) is 4.79 Å². The molecule has 2 unspecified atom stereocenters. The lowest BCUT2D eigenvalue weighted by Crippen LogP contribution is -2.58. The smallest absolute Gasteiger partial charge is 0.251 e. The molecule has 1 fully saturated rings. The van der Waals surface area contributed by atoms with Gasteiger partial charge in [-0.2, -0.15) is 0 Å². The number of carbonyl (C=O) groups is 1. The minimum atomic E-state index is -0.0452. The second kappa shape index (κ2) is 6.06. The summed E-state index contributed by atoms with van der Waals surface area (Å²) in [4.78, 5) is 11.9. The van der Waals surface area contributed by atoms with E-state index in [-0.39, 0.29) is 11.3 Å². The quantitative estimate of drug-likeness (QED) is 0.876. The van der Waals surface area contributed by atoms with E-state index in [1.54, 1.807) is 7.05 Å². The Balaban J connectivity index is 2.13. The van der Waals surface area contributed by atoms with Crippen molar-refractivity contribution in [2.45, 2.75) is 46.3 Å². The van der Waals surface area contributed by atoms with Gasteiger partial charge in [-0.1, -0.05) is 19.9 Å². The monoisotopic (exact) mass is 290 g/mol. The number of benzene rings is 1. The first kappa shape index (κ1) is 15.8. The number of anilines is 1. The lowest BCUT2D eigenvalue weighted by atomic mass is 9.64. The van der Waals surface area contributed by atoms with E-state index < -0.39 is 0 Å². The van der Waals surface area contributed by atoms with Gasteiger partial charge in [0.1, 0.15) is 0 Å². The number of rotatable bonds is 5. The first-order chi connectivity index (χ1) is 9.91. The van der Waals surface area contributed by atoms with E-state index in [0.29, 0.717) is 12.1 Å². The van der Waals surface area contributed by atoms with E-state index in [4.69, 9.17) is 4.74 Å². The third kappa shape index (κ3) is 2.91. The summed E-state index contributed by atoms with van der Waals surface area (Å²) >= 11 is 0. The largest absolute Gasteiger partial charge is 0.381 e. The van der Waals surface area contributed by atoms with Gasteiger partial charge in [-0.3, -0.25) is 4.79 Å². The van der Waals surface area contributed by atoms with Crippen molar-refractivity contribution in [3.63, 3.8) is 0 Å². The van der Waals surface area contributed by atoms with Crippen LogP contribution in [0.5, 0.6) is 0 Å². The van der Waals surface area contributed by atoms with Crippen LogP contribution in [0, 0.1) is 12.3 Å². The molecular weight excluding hydrogens is 264 g/mol. The highest BCUT2D eigenvalue weighted by Crippen LogP contribution is 2.44. The molecule has 21 heavy (non-hydrogen) atoms. The van der Waals surface area contributed by atoms with Crippen LogP contribution < -0.4 is 10.6 Å². The first-order valence-electron chi connectivity index (χ1n) is 7.61. The van der Waals surface area contributed by atoms with Gasteiger partial charge in [0.25, 0.3) is 5.91 Å². The zero-order valence-corrected chi connectivity index (χ0v) is 13.6. The van der Waals surface area contributed by atoms with Crippen LogP contribution in [0.25, 0.3) is 0 Å². The number of amides is 1. The van der Waals surface area contributed by atoms with Crippen LogP contribution >= 0.6 is 0 Å². The van der Waals surface area contributed by atoms with Gasteiger partial charge >= 0.3 is 0 Å². The predicted octanol–water partition coefficient (Wildman–Crippen LogP) is 2.97. The van der Waals surface area contributed by atoms with Gasteiger partial charge in [0.15, 0.2) is 0 Å². The molecule has 0 radical (unpaired) electrons. The summed E-state index contributed by atoms with van der Waals surface area (Å²) in [5, 5.41) is 6.27. The molecule has 0 spiro atoms. The van der Waals surface area contributed by atoms with Gasteiger partial charge in [-0.05, 0) is 38.0 Å². The summed E-state index contributed by atoms with van der Waals surface area (Å²) in [5.74, 6) is -0.0452. The summed E-state index contributed by atoms with van der Waals surface area (Å²) < 4.78 is 5.77. The fourth-order valence-electron chi connectivity index (χ4n) is 2.97. The second-order valence-corrected chi connectivity index (χ2v) is 6.26. The normalized spacial score (nSPS) is 23.3. The molecule has 116 valence electrons. The highest BCUT2D eigenvalue weighted by atomic mass is 16.5. The van der Waals surface area contributed by atoms with Crippen molar-refractivity contribution < 1.29 is 9.53 Å². The molecule has 2 atom stereocenters. The maximum atomic E-state index is 11.9. The van der Waals surface area contributed by atoms with Crippen molar-refractivity contribution in [3.05, 3.63) is 29.3 Å². The Hall–Kier alpha value is -1.55. The van der Waals surface area contributed by atoms with E-state index in [2.05, 4.69) is 24.5 Å². The zero-order valence-electron chi connectivity index (χ0n) is 13.6. The lowest BCUT2D eigenvalue weighted by molar-refractivity contribution is -0.0976. The average molecular weight is 290 g/mol. The fourth-order valence-corrected chi connectivity index (χ4v) is 2.97. The van der Waals surface area contributed by atoms with Crippen molar-refractivity contribution in [2.24, 2.45) is 5.41 Å². The minimum Gasteiger partial charge on any atom is -0.381 e. The number of hydrogen-bond acceptors (Lipinski definition) is 3. The van der Waals surface area contributed by atoms with Crippen molar-refractivity contribution in [3.8, 4) is 0 Å². The van der Waals surface area contributed by atoms with Crippen LogP contribution in [0.15, 0.2) is 18.2 Å². The Morgan fingerprint density at radius 2 is 2.14 bits per heavy atom. The molecule has 4 nitrogen and oxygen atoms in total. The summed E-state index contributed by atoms with van der Waals surface area (Å²) in [7, 11) is 1.66. The minimum absolute atomic E-state index is 0.0452. The zero-order chi connectivity index (χ0) is 15.6. The SMILES string of the molecule is CCOC1CC(Nc2cccc(C(=O)NC)c2C)C1(C)C. The van der Waals surface area contributed by atoms with Gasteiger partial charge in [-0.15, -0.1) is 0 Å². The average Bonchev–Trinajstić information content (AvgIpc) is 2.47. The molecule has 0 saturated heterocycles. The first-order valence-corrected chi connectivity index (χ1v) is 7.61. The molecule has 1 aliphatic carbocycles. The number of carbonyl (C=O) groups excluding carboxylic acids is 1. The van der Waals surface area contributed by atoms with Gasteiger partial charge in [0.05, 0.1) is 6.10 Å². The maximum Gasteiger partial charge on any atom is 0.251 e. The third-order valence-corrected chi connectivity index (χ3v) is 4.68. The summed E-state index contributed by atoms with van der Waals surface area (Å²) in [5.41, 5.74) is 2.85. The Kier molecular flexibility index (Phi) is 4.57. The van der Waals surface area contributed by atoms with Crippen LogP contribution in [0.1, 0.15) is 43.1 Å². The van der Waals surface area contributed by atoms with Crippen molar-refractivity contribution in [2.75, 3.05) is 19.0 Å². The van der Waals surface area contributed by atoms with Crippen LogP contribution in [-0.2, 0) is 4.74 Å². The molecule has 0 aromatic heterocycles. The predicted molar refractivity (Wildman–Crippen MR) is 85.8 cm³/mol. The van der Waals surface area contributed by atoms with Gasteiger partial charge in [0.2, 0.25) is 0 Å². The third-order valence-electron chi connectivity index (χ3n) is 4.68. The lowest BCUT2D eigenvalue weighted by Gasteiger charge is -2.52. The summed E-state index contributed by atoms with van der Waals surface area (Å²) in [6, 6.07) is 6.18. The molecule has 0 heterocycles. The Morgan fingerprint density at radius 1 is 1.43 bits per heavy atom. The molecule has 1 amide bonds. The molecule has 4 heteroatoms. The van der Waals surface area contributed by atoms with Crippen molar-refractivity contribution >= 4 is 11.6 Å². The second-order valence-electron chi connectivity index (χ2n) is 6.26. The van der Waals surface area contributed by atoms with Crippen molar-refractivity contribution in [1.82, 2.24) is 5.32 Å². The van der Waals surface area contributed by atoms with Crippen LogP contribution in [0.4, 0.5) is 5.69 Å². The number of hydrogen-bond donors (Lipinski definition) is 2. The van der Waals surface area contributed by atoms with E-state index in [0.717, 1.165) is 29.8 Å². The summed E-state index contributed by atoms with van der Waals surface area (Å²) in [6.45, 7) is 9.23.